The first-order valence-electron chi connectivity index (χ1n) is 9.31. The number of Topliss-reactive ketones (excluding diaryl/α,β-unsaturated/α-hetero) is 1. The van der Waals surface area contributed by atoms with Crippen molar-refractivity contribution in [1.82, 2.24) is 9.97 Å². The maximum atomic E-state index is 12.8. The van der Waals surface area contributed by atoms with Gasteiger partial charge < -0.3 is 5.32 Å². The van der Waals surface area contributed by atoms with Gasteiger partial charge in [-0.3, -0.25) is 4.79 Å². The molecular weight excluding hydrogens is 334 g/mol. The monoisotopic (exact) mass is 357 g/mol. The van der Waals surface area contributed by atoms with Gasteiger partial charge in [0.2, 0.25) is 5.95 Å². The lowest BCUT2D eigenvalue weighted by Crippen LogP contribution is -2.23. The summed E-state index contributed by atoms with van der Waals surface area (Å²) >= 11 is 0. The van der Waals surface area contributed by atoms with Gasteiger partial charge in [-0.1, -0.05) is 36.4 Å². The topological polar surface area (TPSA) is 54.9 Å². The van der Waals surface area contributed by atoms with E-state index in [0.29, 0.717) is 17.9 Å². The SMILES string of the molecule is Cc1cccc(Nc2nc(C)c3c(n2)C[C@@H](c2ccccc2C)CC3=O)c1. The van der Waals surface area contributed by atoms with E-state index < -0.39 is 0 Å². The minimum atomic E-state index is 0.143. The van der Waals surface area contributed by atoms with Crippen molar-refractivity contribution in [3.63, 3.8) is 0 Å². The molecule has 0 saturated heterocycles. The fourth-order valence-corrected chi connectivity index (χ4v) is 3.95. The first-order valence-corrected chi connectivity index (χ1v) is 9.31. The Kier molecular flexibility index (Phi) is 4.48. The molecule has 0 saturated carbocycles. The van der Waals surface area contributed by atoms with Crippen molar-refractivity contribution in [3.05, 3.63) is 82.2 Å². The number of hydrogen-bond donors (Lipinski definition) is 1. The molecular formula is C23H23N3O. The van der Waals surface area contributed by atoms with Gasteiger partial charge in [-0.05, 0) is 61.9 Å². The van der Waals surface area contributed by atoms with Gasteiger partial charge in [0.25, 0.3) is 0 Å². The number of carbonyl (C=O) groups excluding carboxylic acids is 1. The fourth-order valence-electron chi connectivity index (χ4n) is 3.95. The molecule has 1 heterocycles. The molecule has 4 nitrogen and oxygen atoms in total. The second-order valence-electron chi connectivity index (χ2n) is 7.33. The summed E-state index contributed by atoms with van der Waals surface area (Å²) in [5.74, 6) is 0.867. The van der Waals surface area contributed by atoms with Crippen molar-refractivity contribution in [2.24, 2.45) is 0 Å². The number of aryl methyl sites for hydroxylation is 3. The first-order chi connectivity index (χ1) is 13.0. The number of nitrogens with zero attached hydrogens (tertiary/aromatic N) is 2. The van der Waals surface area contributed by atoms with Crippen molar-refractivity contribution in [1.29, 1.82) is 0 Å². The van der Waals surface area contributed by atoms with E-state index in [2.05, 4.69) is 48.4 Å². The average molecular weight is 357 g/mol. The zero-order valence-electron chi connectivity index (χ0n) is 15.9. The number of nitrogens with one attached hydrogen (secondary N) is 1. The minimum Gasteiger partial charge on any atom is -0.324 e. The van der Waals surface area contributed by atoms with Crippen LogP contribution in [-0.4, -0.2) is 15.8 Å². The standard InChI is InChI=1S/C23H23N3O/c1-14-7-6-9-18(11-14)25-23-24-16(3)22-20(26-23)12-17(13-21(22)27)19-10-5-4-8-15(19)2/h4-11,17H,12-13H2,1-3H3,(H,24,25,26)/t17-/m1/s1. The lowest BCUT2D eigenvalue weighted by Gasteiger charge is -2.25. The second kappa shape index (κ2) is 6.95. The first kappa shape index (κ1) is 17.4. The van der Waals surface area contributed by atoms with E-state index in [1.165, 1.54) is 16.7 Å². The molecule has 2 aromatic carbocycles. The molecule has 0 bridgehead atoms. The smallest absolute Gasteiger partial charge is 0.227 e. The Morgan fingerprint density at radius 1 is 0.963 bits per heavy atom. The van der Waals surface area contributed by atoms with Crippen LogP contribution in [-0.2, 0) is 6.42 Å². The van der Waals surface area contributed by atoms with E-state index in [1.807, 2.05) is 31.2 Å². The summed E-state index contributed by atoms with van der Waals surface area (Å²) in [4.78, 5) is 22.1. The third-order valence-corrected chi connectivity index (χ3v) is 5.22. The summed E-state index contributed by atoms with van der Waals surface area (Å²) in [5, 5.41) is 3.28. The van der Waals surface area contributed by atoms with Crippen LogP contribution in [0, 0.1) is 20.8 Å². The van der Waals surface area contributed by atoms with Crippen molar-refractivity contribution < 1.29 is 4.79 Å². The number of anilines is 2. The molecule has 1 N–H and O–H groups in total. The third kappa shape index (κ3) is 3.47. The Labute approximate surface area is 159 Å². The molecule has 4 rings (SSSR count). The number of benzene rings is 2. The van der Waals surface area contributed by atoms with Crippen molar-refractivity contribution >= 4 is 17.4 Å². The molecule has 0 fully saturated rings. The van der Waals surface area contributed by atoms with Crippen LogP contribution in [0.1, 0.15) is 50.8 Å². The molecule has 0 amide bonds. The zero-order chi connectivity index (χ0) is 19.0. The molecule has 1 aromatic heterocycles. The van der Waals surface area contributed by atoms with Crippen LogP contribution in [0.5, 0.6) is 0 Å². The highest BCUT2D eigenvalue weighted by atomic mass is 16.1. The number of hydrogen-bond acceptors (Lipinski definition) is 4. The Bertz CT molecular complexity index is 1030. The summed E-state index contributed by atoms with van der Waals surface area (Å²) < 4.78 is 0. The Morgan fingerprint density at radius 2 is 1.78 bits per heavy atom. The lowest BCUT2D eigenvalue weighted by molar-refractivity contribution is 0.0962. The maximum Gasteiger partial charge on any atom is 0.227 e. The van der Waals surface area contributed by atoms with Crippen molar-refractivity contribution in [3.8, 4) is 0 Å². The van der Waals surface area contributed by atoms with E-state index in [0.717, 1.165) is 23.5 Å². The van der Waals surface area contributed by atoms with Crippen LogP contribution in [0.25, 0.3) is 0 Å². The molecule has 4 heteroatoms. The summed E-state index contributed by atoms with van der Waals surface area (Å²) in [6.45, 7) is 6.05. The third-order valence-electron chi connectivity index (χ3n) is 5.22. The van der Waals surface area contributed by atoms with Crippen LogP contribution >= 0.6 is 0 Å². The van der Waals surface area contributed by atoms with Gasteiger partial charge in [0.15, 0.2) is 5.78 Å². The predicted octanol–water partition coefficient (Wildman–Crippen LogP) is 5.06. The van der Waals surface area contributed by atoms with Gasteiger partial charge in [-0.25, -0.2) is 9.97 Å². The average Bonchev–Trinajstić information content (AvgIpc) is 2.61. The number of aromatic nitrogens is 2. The highest BCUT2D eigenvalue weighted by Gasteiger charge is 2.30. The van der Waals surface area contributed by atoms with Crippen molar-refractivity contribution in [2.75, 3.05) is 5.32 Å². The van der Waals surface area contributed by atoms with E-state index in [4.69, 9.17) is 4.98 Å². The normalized spacial score (nSPS) is 16.1. The molecule has 27 heavy (non-hydrogen) atoms. The molecule has 0 spiro atoms. The van der Waals surface area contributed by atoms with Crippen LogP contribution in [0.3, 0.4) is 0 Å². The molecule has 3 aromatic rings. The van der Waals surface area contributed by atoms with E-state index in [1.54, 1.807) is 0 Å². The zero-order valence-corrected chi connectivity index (χ0v) is 15.9. The largest absolute Gasteiger partial charge is 0.324 e. The van der Waals surface area contributed by atoms with Gasteiger partial charge in [-0.2, -0.15) is 0 Å². The quantitative estimate of drug-likeness (QED) is 0.712. The van der Waals surface area contributed by atoms with E-state index >= 15 is 0 Å². The number of carbonyl (C=O) groups is 1. The summed E-state index contributed by atoms with van der Waals surface area (Å²) in [5.41, 5.74) is 6.89. The molecule has 0 aliphatic heterocycles. The van der Waals surface area contributed by atoms with Crippen LogP contribution in [0.15, 0.2) is 48.5 Å². The number of ketones is 1. The molecule has 1 aliphatic carbocycles. The lowest BCUT2D eigenvalue weighted by atomic mass is 9.80. The maximum absolute atomic E-state index is 12.8. The summed E-state index contributed by atoms with van der Waals surface area (Å²) in [6.07, 6.45) is 1.28. The molecule has 1 atom stereocenters. The number of fused-ring (bicyclic) bond motifs is 1. The number of rotatable bonds is 3. The van der Waals surface area contributed by atoms with Gasteiger partial charge in [-0.15, -0.1) is 0 Å². The highest BCUT2D eigenvalue weighted by Crippen LogP contribution is 2.34. The molecule has 1 aliphatic rings. The van der Waals surface area contributed by atoms with Crippen LogP contribution in [0.2, 0.25) is 0 Å². The molecule has 0 radical (unpaired) electrons. The Hall–Kier alpha value is -3.01. The van der Waals surface area contributed by atoms with E-state index in [-0.39, 0.29) is 11.7 Å². The fraction of sp³-hybridized carbons (Fsp3) is 0.261. The van der Waals surface area contributed by atoms with Gasteiger partial charge in [0, 0.05) is 12.1 Å². The Balaban J connectivity index is 1.69. The summed E-state index contributed by atoms with van der Waals surface area (Å²) in [6, 6.07) is 16.4. The summed E-state index contributed by atoms with van der Waals surface area (Å²) in [7, 11) is 0. The molecule has 0 unspecified atom stereocenters. The van der Waals surface area contributed by atoms with Gasteiger partial charge in [0.05, 0.1) is 17.0 Å². The minimum absolute atomic E-state index is 0.143. The van der Waals surface area contributed by atoms with Gasteiger partial charge >= 0.3 is 0 Å². The van der Waals surface area contributed by atoms with Crippen LogP contribution < -0.4 is 5.32 Å². The van der Waals surface area contributed by atoms with Crippen LogP contribution in [0.4, 0.5) is 11.6 Å². The highest BCUT2D eigenvalue weighted by molar-refractivity contribution is 5.99. The molecule has 136 valence electrons. The van der Waals surface area contributed by atoms with Crippen molar-refractivity contribution in [2.45, 2.75) is 39.5 Å². The van der Waals surface area contributed by atoms with E-state index in [9.17, 15) is 4.79 Å². The predicted molar refractivity (Wildman–Crippen MR) is 108 cm³/mol. The Morgan fingerprint density at radius 3 is 2.56 bits per heavy atom. The van der Waals surface area contributed by atoms with Gasteiger partial charge in [0.1, 0.15) is 0 Å². The second-order valence-corrected chi connectivity index (χ2v) is 7.33.